The molecule has 0 radical (unpaired) electrons. The number of hydrogen-bond acceptors (Lipinski definition) is 3. The van der Waals surface area contributed by atoms with Crippen LogP contribution >= 0.6 is 0 Å². The maximum atomic E-state index is 12.3. The lowest BCUT2D eigenvalue weighted by molar-refractivity contribution is -0.131. The molecule has 1 aliphatic rings. The fourth-order valence-electron chi connectivity index (χ4n) is 3.18. The van der Waals surface area contributed by atoms with E-state index >= 15 is 0 Å². The third kappa shape index (κ3) is 4.55. The van der Waals surface area contributed by atoms with Gasteiger partial charge in [0.15, 0.2) is 0 Å². The molecule has 2 atom stereocenters. The van der Waals surface area contributed by atoms with E-state index in [4.69, 9.17) is 0 Å². The molecule has 4 heteroatoms. The summed E-state index contributed by atoms with van der Waals surface area (Å²) in [4.78, 5) is 16.2. The molecule has 1 aromatic carbocycles. The van der Waals surface area contributed by atoms with Gasteiger partial charge in [0.05, 0.1) is 12.6 Å². The molecule has 1 aliphatic carbocycles. The van der Waals surface area contributed by atoms with Gasteiger partial charge in [0.25, 0.3) is 0 Å². The minimum atomic E-state index is -0.192. The van der Waals surface area contributed by atoms with Gasteiger partial charge in [-0.05, 0) is 43.9 Å². The second kappa shape index (κ2) is 7.75. The van der Waals surface area contributed by atoms with Crippen LogP contribution in [0.3, 0.4) is 0 Å². The number of likely N-dealkylation sites (N-methyl/N-ethyl adjacent to an activating group) is 2. The Morgan fingerprint density at radius 1 is 1.27 bits per heavy atom. The summed E-state index contributed by atoms with van der Waals surface area (Å²) < 4.78 is 0. The van der Waals surface area contributed by atoms with Crippen molar-refractivity contribution in [2.45, 2.75) is 38.8 Å². The highest BCUT2D eigenvalue weighted by molar-refractivity contribution is 5.78. The number of aliphatic hydroxyl groups excluding tert-OH is 1. The summed E-state index contributed by atoms with van der Waals surface area (Å²) in [5, 5.41) is 9.88. The summed E-state index contributed by atoms with van der Waals surface area (Å²) in [6.45, 7) is 3.92. The number of aryl methyl sites for hydroxylation is 1. The van der Waals surface area contributed by atoms with Gasteiger partial charge in [-0.2, -0.15) is 0 Å². The largest absolute Gasteiger partial charge is 0.393 e. The lowest BCUT2D eigenvalue weighted by Gasteiger charge is -2.25. The highest BCUT2D eigenvalue weighted by Crippen LogP contribution is 2.25. The van der Waals surface area contributed by atoms with Gasteiger partial charge < -0.3 is 10.0 Å². The fourth-order valence-corrected chi connectivity index (χ4v) is 3.18. The molecule has 0 aromatic heterocycles. The first-order valence-electron chi connectivity index (χ1n) is 8.12. The van der Waals surface area contributed by atoms with Crippen molar-refractivity contribution in [2.75, 3.05) is 27.2 Å². The molecule has 122 valence electrons. The molecule has 22 heavy (non-hydrogen) atoms. The second-order valence-corrected chi connectivity index (χ2v) is 6.63. The molecule has 0 bridgehead atoms. The summed E-state index contributed by atoms with van der Waals surface area (Å²) in [5.41, 5.74) is 2.40. The Hall–Kier alpha value is -1.39. The van der Waals surface area contributed by atoms with E-state index < -0.39 is 0 Å². The van der Waals surface area contributed by atoms with Crippen molar-refractivity contribution in [3.8, 4) is 0 Å². The zero-order valence-corrected chi connectivity index (χ0v) is 14.0. The van der Waals surface area contributed by atoms with Crippen molar-refractivity contribution in [1.82, 2.24) is 9.80 Å². The van der Waals surface area contributed by atoms with Gasteiger partial charge in [-0.15, -0.1) is 0 Å². The number of aliphatic hydroxyl groups is 1. The van der Waals surface area contributed by atoms with Crippen LogP contribution < -0.4 is 0 Å². The molecule has 0 spiro atoms. The van der Waals surface area contributed by atoms with Gasteiger partial charge in [0, 0.05) is 20.1 Å². The number of carbonyl (C=O) groups excluding carboxylic acids is 1. The second-order valence-electron chi connectivity index (χ2n) is 6.63. The Balaban J connectivity index is 1.82. The van der Waals surface area contributed by atoms with Crippen molar-refractivity contribution < 1.29 is 9.90 Å². The van der Waals surface area contributed by atoms with Crippen LogP contribution in [0.4, 0.5) is 0 Å². The van der Waals surface area contributed by atoms with Gasteiger partial charge in [-0.1, -0.05) is 30.7 Å². The molecule has 1 amide bonds. The van der Waals surface area contributed by atoms with Gasteiger partial charge in [-0.25, -0.2) is 0 Å². The summed E-state index contributed by atoms with van der Waals surface area (Å²) in [7, 11) is 3.82. The van der Waals surface area contributed by atoms with Crippen LogP contribution in [0.1, 0.15) is 30.4 Å². The Morgan fingerprint density at radius 2 is 2.00 bits per heavy atom. The summed E-state index contributed by atoms with van der Waals surface area (Å²) >= 11 is 0. The Labute approximate surface area is 133 Å². The van der Waals surface area contributed by atoms with Crippen LogP contribution in [0.15, 0.2) is 24.3 Å². The number of nitrogens with zero attached hydrogens (tertiary/aromatic N) is 2. The van der Waals surface area contributed by atoms with Gasteiger partial charge >= 0.3 is 0 Å². The molecular formula is C18H28N2O2. The number of rotatable bonds is 6. The lowest BCUT2D eigenvalue weighted by Crippen LogP contribution is -2.39. The first-order chi connectivity index (χ1) is 10.5. The van der Waals surface area contributed by atoms with Crippen LogP contribution in [0.2, 0.25) is 0 Å². The summed E-state index contributed by atoms with van der Waals surface area (Å²) in [6, 6.07) is 8.16. The summed E-state index contributed by atoms with van der Waals surface area (Å²) in [5.74, 6) is 0.442. The first kappa shape index (κ1) is 17.0. The van der Waals surface area contributed by atoms with E-state index in [1.54, 1.807) is 4.90 Å². The lowest BCUT2D eigenvalue weighted by atomic mass is 10.1. The smallest absolute Gasteiger partial charge is 0.236 e. The minimum absolute atomic E-state index is 0.123. The molecular weight excluding hydrogens is 276 g/mol. The van der Waals surface area contributed by atoms with E-state index in [-0.39, 0.29) is 12.0 Å². The average Bonchev–Trinajstić information content (AvgIpc) is 2.86. The molecule has 1 saturated carbocycles. The van der Waals surface area contributed by atoms with Crippen LogP contribution in [0.5, 0.6) is 0 Å². The maximum Gasteiger partial charge on any atom is 0.236 e. The van der Waals surface area contributed by atoms with E-state index in [0.29, 0.717) is 19.0 Å². The van der Waals surface area contributed by atoms with Gasteiger partial charge in [0.2, 0.25) is 5.91 Å². The molecule has 0 aliphatic heterocycles. The topological polar surface area (TPSA) is 43.8 Å². The molecule has 0 heterocycles. The van der Waals surface area contributed by atoms with E-state index in [2.05, 4.69) is 19.1 Å². The maximum absolute atomic E-state index is 12.3. The predicted molar refractivity (Wildman–Crippen MR) is 88.5 cm³/mol. The van der Waals surface area contributed by atoms with E-state index in [9.17, 15) is 9.90 Å². The molecule has 1 aromatic rings. The van der Waals surface area contributed by atoms with E-state index in [1.165, 1.54) is 11.1 Å². The zero-order valence-electron chi connectivity index (χ0n) is 14.0. The molecule has 2 rings (SSSR count). The highest BCUT2D eigenvalue weighted by atomic mass is 16.3. The quantitative estimate of drug-likeness (QED) is 0.875. The minimum Gasteiger partial charge on any atom is -0.393 e. The van der Waals surface area contributed by atoms with Crippen LogP contribution in [-0.2, 0) is 11.3 Å². The van der Waals surface area contributed by atoms with Crippen molar-refractivity contribution in [1.29, 1.82) is 0 Å². The third-order valence-corrected chi connectivity index (χ3v) is 4.66. The van der Waals surface area contributed by atoms with Crippen molar-refractivity contribution >= 4 is 5.91 Å². The standard InChI is InChI=1S/C18H28N2O2/c1-14-7-4-5-8-15(14)12-20(3)18(22)13-19(2)11-16-9-6-10-17(16)21/h4-5,7-8,16-17,21H,6,9-13H2,1-3H3. The number of amides is 1. The molecule has 4 nitrogen and oxygen atoms in total. The van der Waals surface area contributed by atoms with Crippen molar-refractivity contribution in [3.05, 3.63) is 35.4 Å². The number of carbonyl (C=O) groups is 1. The molecule has 0 saturated heterocycles. The van der Waals surface area contributed by atoms with Crippen molar-refractivity contribution in [2.24, 2.45) is 5.92 Å². The summed E-state index contributed by atoms with van der Waals surface area (Å²) in [6.07, 6.45) is 2.88. The SMILES string of the molecule is Cc1ccccc1CN(C)C(=O)CN(C)CC1CCCC1O. The number of hydrogen-bond donors (Lipinski definition) is 1. The van der Waals surface area contributed by atoms with Gasteiger partial charge in [-0.3, -0.25) is 9.69 Å². The van der Waals surface area contributed by atoms with E-state index in [0.717, 1.165) is 25.8 Å². The van der Waals surface area contributed by atoms with Crippen molar-refractivity contribution in [3.63, 3.8) is 0 Å². The highest BCUT2D eigenvalue weighted by Gasteiger charge is 2.26. The first-order valence-corrected chi connectivity index (χ1v) is 8.12. The Bertz CT molecular complexity index is 504. The van der Waals surface area contributed by atoms with Crippen LogP contribution in [-0.4, -0.2) is 54.1 Å². The fraction of sp³-hybridized carbons (Fsp3) is 0.611. The zero-order chi connectivity index (χ0) is 16.1. The van der Waals surface area contributed by atoms with Crippen LogP contribution in [0.25, 0.3) is 0 Å². The van der Waals surface area contributed by atoms with Gasteiger partial charge in [0.1, 0.15) is 0 Å². The van der Waals surface area contributed by atoms with E-state index in [1.807, 2.05) is 31.1 Å². The molecule has 2 unspecified atom stereocenters. The average molecular weight is 304 g/mol. The number of benzene rings is 1. The Kier molecular flexibility index (Phi) is 5.98. The monoisotopic (exact) mass is 304 g/mol. The molecule has 1 fully saturated rings. The molecule has 1 N–H and O–H groups in total. The van der Waals surface area contributed by atoms with Crippen LogP contribution in [0, 0.1) is 12.8 Å². The normalized spacial score (nSPS) is 21.3. The predicted octanol–water partition coefficient (Wildman–Crippen LogP) is 2.05. The Morgan fingerprint density at radius 3 is 2.64 bits per heavy atom. The third-order valence-electron chi connectivity index (χ3n) is 4.66.